The lowest BCUT2D eigenvalue weighted by Gasteiger charge is -2.15. The molecule has 0 radical (unpaired) electrons. The summed E-state index contributed by atoms with van der Waals surface area (Å²) in [6.07, 6.45) is 4.21. The van der Waals surface area contributed by atoms with Crippen molar-refractivity contribution in [3.63, 3.8) is 0 Å². The average Bonchev–Trinajstić information content (AvgIpc) is 3.41. The fraction of sp³-hybridized carbons (Fsp3) is 0.318. The first-order chi connectivity index (χ1) is 14.6. The minimum Gasteiger partial charge on any atom is -0.395 e. The second-order valence-electron chi connectivity index (χ2n) is 7.41. The average molecular weight is 423 g/mol. The van der Waals surface area contributed by atoms with Gasteiger partial charge < -0.3 is 21.3 Å². The van der Waals surface area contributed by atoms with Gasteiger partial charge in [0.2, 0.25) is 11.9 Å². The summed E-state index contributed by atoms with van der Waals surface area (Å²) in [5.41, 5.74) is 11.0. The molecule has 0 aliphatic carbocycles. The van der Waals surface area contributed by atoms with Crippen LogP contribution in [0.1, 0.15) is 36.1 Å². The number of carbonyl (C=O) groups is 1. The molecule has 2 aliphatic rings. The lowest BCUT2D eigenvalue weighted by molar-refractivity contribution is -0.127. The third-order valence-corrected chi connectivity index (χ3v) is 6.05. The highest BCUT2D eigenvalue weighted by atomic mass is 32.2. The molecular formula is C22H26N6OS. The number of aromatic nitrogens is 2. The van der Waals surface area contributed by atoms with Crippen molar-refractivity contribution in [3.05, 3.63) is 63.8 Å². The Balaban J connectivity index is 1.35. The standard InChI is InChI=1S/C22H26N6OS/c1-15-5-7-16(8-6-15)18-14-30-21(26-18)20(23)17-9-11-25-22(27-17)24-10-3-13-28-12-2-4-19(28)29/h5-9,11,14,26H,2-4,10,12-13,23H2,1H3,(H,24,25,27)/b21-20+. The Hall–Kier alpha value is -3.00. The Bertz CT molecular complexity index is 985. The number of amides is 1. The molecule has 2 aliphatic heterocycles. The number of likely N-dealkylation sites (tertiary alicyclic amines) is 1. The molecule has 0 bridgehead atoms. The van der Waals surface area contributed by atoms with Gasteiger partial charge in [0.1, 0.15) is 5.03 Å². The number of nitrogens with one attached hydrogen (secondary N) is 2. The second kappa shape index (κ2) is 9.21. The highest BCUT2D eigenvalue weighted by Crippen LogP contribution is 2.33. The van der Waals surface area contributed by atoms with Gasteiger partial charge >= 0.3 is 0 Å². The van der Waals surface area contributed by atoms with Crippen molar-refractivity contribution in [1.29, 1.82) is 0 Å². The molecule has 8 heteroatoms. The lowest BCUT2D eigenvalue weighted by Crippen LogP contribution is -2.27. The molecule has 4 rings (SSSR count). The van der Waals surface area contributed by atoms with Gasteiger partial charge in [0.25, 0.3) is 0 Å². The summed E-state index contributed by atoms with van der Waals surface area (Å²) in [6, 6.07) is 10.2. The summed E-state index contributed by atoms with van der Waals surface area (Å²) in [5, 5.41) is 9.55. The van der Waals surface area contributed by atoms with Gasteiger partial charge in [-0.05, 0) is 31.4 Å². The van der Waals surface area contributed by atoms with Crippen LogP contribution in [0, 0.1) is 6.92 Å². The van der Waals surface area contributed by atoms with Crippen LogP contribution in [0.25, 0.3) is 11.4 Å². The molecule has 1 aromatic carbocycles. The van der Waals surface area contributed by atoms with Crippen molar-refractivity contribution in [1.82, 2.24) is 20.2 Å². The van der Waals surface area contributed by atoms with Crippen molar-refractivity contribution >= 4 is 35.0 Å². The van der Waals surface area contributed by atoms with Crippen LogP contribution in [0.15, 0.2) is 47.0 Å². The normalized spacial score (nSPS) is 17.7. The maximum absolute atomic E-state index is 11.7. The molecule has 4 N–H and O–H groups in total. The monoisotopic (exact) mass is 422 g/mol. The molecular weight excluding hydrogens is 396 g/mol. The summed E-state index contributed by atoms with van der Waals surface area (Å²) in [6.45, 7) is 4.42. The lowest BCUT2D eigenvalue weighted by atomic mass is 10.1. The van der Waals surface area contributed by atoms with E-state index in [0.29, 0.717) is 30.3 Å². The quantitative estimate of drug-likeness (QED) is 0.590. The molecule has 0 spiro atoms. The molecule has 3 heterocycles. The molecule has 0 saturated carbocycles. The Morgan fingerprint density at radius 3 is 2.90 bits per heavy atom. The molecule has 1 fully saturated rings. The fourth-order valence-corrected chi connectivity index (χ4v) is 4.26. The predicted molar refractivity (Wildman–Crippen MR) is 122 cm³/mol. The number of hydrogen-bond acceptors (Lipinski definition) is 7. The molecule has 1 saturated heterocycles. The minimum absolute atomic E-state index is 0.257. The van der Waals surface area contributed by atoms with E-state index in [1.54, 1.807) is 18.0 Å². The van der Waals surface area contributed by atoms with Crippen molar-refractivity contribution < 1.29 is 4.79 Å². The van der Waals surface area contributed by atoms with Crippen LogP contribution in [0.4, 0.5) is 5.95 Å². The minimum atomic E-state index is 0.257. The molecule has 1 amide bonds. The number of thioether (sulfide) groups is 1. The number of anilines is 1. The van der Waals surface area contributed by atoms with Crippen LogP contribution in [0.5, 0.6) is 0 Å². The fourth-order valence-electron chi connectivity index (χ4n) is 3.42. The first-order valence-corrected chi connectivity index (χ1v) is 11.0. The number of rotatable bonds is 7. The van der Waals surface area contributed by atoms with E-state index in [1.165, 1.54) is 5.56 Å². The molecule has 30 heavy (non-hydrogen) atoms. The van der Waals surface area contributed by atoms with Crippen molar-refractivity contribution in [2.75, 3.05) is 25.0 Å². The van der Waals surface area contributed by atoms with Gasteiger partial charge in [-0.15, -0.1) is 0 Å². The van der Waals surface area contributed by atoms with Gasteiger partial charge in [-0.25, -0.2) is 9.97 Å². The van der Waals surface area contributed by atoms with E-state index in [9.17, 15) is 4.79 Å². The molecule has 2 aromatic rings. The summed E-state index contributed by atoms with van der Waals surface area (Å²) >= 11 is 1.56. The zero-order chi connectivity index (χ0) is 20.9. The van der Waals surface area contributed by atoms with Gasteiger partial charge in [-0.2, -0.15) is 0 Å². The van der Waals surface area contributed by atoms with Crippen LogP contribution in [-0.2, 0) is 4.79 Å². The van der Waals surface area contributed by atoms with Gasteiger partial charge in [-0.3, -0.25) is 4.79 Å². The van der Waals surface area contributed by atoms with E-state index in [1.807, 2.05) is 11.0 Å². The molecule has 7 nitrogen and oxygen atoms in total. The summed E-state index contributed by atoms with van der Waals surface area (Å²) in [5.74, 6) is 0.798. The Labute approximate surface area is 180 Å². The first kappa shape index (κ1) is 20.3. The summed E-state index contributed by atoms with van der Waals surface area (Å²) in [7, 11) is 0. The molecule has 0 unspecified atom stereocenters. The van der Waals surface area contributed by atoms with Crippen LogP contribution < -0.4 is 16.4 Å². The molecule has 156 valence electrons. The third kappa shape index (κ3) is 4.76. The predicted octanol–water partition coefficient (Wildman–Crippen LogP) is 3.13. The Morgan fingerprint density at radius 2 is 2.13 bits per heavy atom. The zero-order valence-electron chi connectivity index (χ0n) is 17.0. The van der Waals surface area contributed by atoms with Crippen LogP contribution >= 0.6 is 11.8 Å². The van der Waals surface area contributed by atoms with E-state index in [-0.39, 0.29) is 5.91 Å². The van der Waals surface area contributed by atoms with E-state index >= 15 is 0 Å². The molecule has 1 aromatic heterocycles. The number of nitrogens with zero attached hydrogens (tertiary/aromatic N) is 3. The van der Waals surface area contributed by atoms with Crippen LogP contribution in [0.2, 0.25) is 0 Å². The highest BCUT2D eigenvalue weighted by molar-refractivity contribution is 8.06. The van der Waals surface area contributed by atoms with Crippen molar-refractivity contribution in [2.24, 2.45) is 5.73 Å². The van der Waals surface area contributed by atoms with Crippen molar-refractivity contribution in [3.8, 4) is 0 Å². The highest BCUT2D eigenvalue weighted by Gasteiger charge is 2.19. The number of aryl methyl sites for hydroxylation is 1. The number of hydrogen-bond donors (Lipinski definition) is 3. The maximum Gasteiger partial charge on any atom is 0.223 e. The largest absolute Gasteiger partial charge is 0.395 e. The smallest absolute Gasteiger partial charge is 0.223 e. The third-order valence-electron chi connectivity index (χ3n) is 5.14. The van der Waals surface area contributed by atoms with E-state index in [0.717, 1.165) is 42.2 Å². The van der Waals surface area contributed by atoms with Gasteiger partial charge in [0.05, 0.1) is 17.1 Å². The van der Waals surface area contributed by atoms with Crippen molar-refractivity contribution in [2.45, 2.75) is 26.2 Å². The summed E-state index contributed by atoms with van der Waals surface area (Å²) in [4.78, 5) is 22.4. The van der Waals surface area contributed by atoms with Gasteiger partial charge in [0.15, 0.2) is 0 Å². The number of benzene rings is 1. The zero-order valence-corrected chi connectivity index (χ0v) is 17.8. The number of carbonyl (C=O) groups excluding carboxylic acids is 1. The summed E-state index contributed by atoms with van der Waals surface area (Å²) < 4.78 is 0. The number of nitrogens with two attached hydrogens (primary N) is 1. The Kier molecular flexibility index (Phi) is 6.23. The van der Waals surface area contributed by atoms with Gasteiger partial charge in [-0.1, -0.05) is 41.6 Å². The van der Waals surface area contributed by atoms with Crippen LogP contribution in [-0.4, -0.2) is 40.4 Å². The Morgan fingerprint density at radius 1 is 1.30 bits per heavy atom. The van der Waals surface area contributed by atoms with Crippen LogP contribution in [0.3, 0.4) is 0 Å². The maximum atomic E-state index is 11.7. The van der Waals surface area contributed by atoms with E-state index in [4.69, 9.17) is 5.73 Å². The SMILES string of the molecule is Cc1ccc(C2=CS/C(=C(/N)c3ccnc(NCCCN4CCCC4=O)n3)N2)cc1. The molecule has 0 atom stereocenters. The second-order valence-corrected chi connectivity index (χ2v) is 8.29. The van der Waals surface area contributed by atoms with E-state index < -0.39 is 0 Å². The van der Waals surface area contributed by atoms with E-state index in [2.05, 4.69) is 57.2 Å². The topological polar surface area (TPSA) is 96.2 Å². The first-order valence-electron chi connectivity index (χ1n) is 10.2. The van der Waals surface area contributed by atoms with Gasteiger partial charge in [0, 0.05) is 37.7 Å².